The zero-order valence-electron chi connectivity index (χ0n) is 30.1. The molecular weight excluding hydrogens is 761 g/mol. The molecule has 9 atom stereocenters. The predicted molar refractivity (Wildman–Crippen MR) is 172 cm³/mol. The first-order valence-corrected chi connectivity index (χ1v) is 21.0. The van der Waals surface area contributed by atoms with E-state index in [0.29, 0.717) is 56.3 Å². The van der Waals surface area contributed by atoms with Gasteiger partial charge in [0.05, 0.1) is 35.3 Å². The number of rotatable bonds is 7. The van der Waals surface area contributed by atoms with Crippen molar-refractivity contribution in [2.45, 2.75) is 119 Å². The molecule has 0 aromatic carbocycles. The monoisotopic (exact) mass is 805 g/mol. The number of ether oxygens (including phenoxy) is 4. The average molecular weight is 806 g/mol. The molecule has 10 saturated carbocycles. The lowest BCUT2D eigenvalue weighted by atomic mass is 9.47. The Morgan fingerprint density at radius 1 is 0.855 bits per heavy atom. The third-order valence-corrected chi connectivity index (χ3v) is 17.0. The van der Waals surface area contributed by atoms with Crippen LogP contribution in [-0.4, -0.2) is 89.8 Å². The fourth-order valence-corrected chi connectivity index (χ4v) is 14.8. The molecule has 10 bridgehead atoms. The number of alkyl halides is 5. The van der Waals surface area contributed by atoms with Gasteiger partial charge in [0.15, 0.2) is 18.0 Å². The van der Waals surface area contributed by atoms with Gasteiger partial charge >= 0.3 is 33.5 Å². The SMILES string of the molecule is CC1(C(F)(F)F)COC2(O1)C1CC3CC2CC(C(=O)OC2C4CC5C(C(=O)N(C(=O)C67CC8CC(CC(C8)C6)C7)C52)C4C(=O)OCC(F)(F)S(=O)(=O)O)(C3)C1. The van der Waals surface area contributed by atoms with E-state index in [1.807, 2.05) is 0 Å². The van der Waals surface area contributed by atoms with Crippen molar-refractivity contribution in [2.75, 3.05) is 13.2 Å². The highest BCUT2D eigenvalue weighted by Crippen LogP contribution is 2.69. The van der Waals surface area contributed by atoms with Crippen molar-refractivity contribution in [2.24, 2.45) is 70.0 Å². The smallest absolute Gasteiger partial charge is 0.419 e. The molecule has 2 saturated heterocycles. The molecule has 2 amide bonds. The van der Waals surface area contributed by atoms with Gasteiger partial charge < -0.3 is 18.9 Å². The van der Waals surface area contributed by atoms with Gasteiger partial charge in [-0.05, 0) is 114 Å². The molecule has 55 heavy (non-hydrogen) atoms. The number of amides is 2. The van der Waals surface area contributed by atoms with Crippen LogP contribution in [0.25, 0.3) is 0 Å². The number of fused-ring (bicyclic) bond motifs is 1. The number of esters is 2. The van der Waals surface area contributed by atoms with Gasteiger partial charge in [0.25, 0.3) is 0 Å². The first-order valence-electron chi connectivity index (χ1n) is 19.6. The predicted octanol–water partition coefficient (Wildman–Crippen LogP) is 4.65. The van der Waals surface area contributed by atoms with Crippen LogP contribution < -0.4 is 0 Å². The maximum Gasteiger partial charge on any atom is 0.419 e. The molecule has 12 rings (SSSR count). The van der Waals surface area contributed by atoms with Gasteiger partial charge in [-0.25, -0.2) is 0 Å². The van der Waals surface area contributed by atoms with E-state index >= 15 is 0 Å². The summed E-state index contributed by atoms with van der Waals surface area (Å²) in [7, 11) is -5.94. The van der Waals surface area contributed by atoms with E-state index in [1.54, 1.807) is 0 Å². The molecule has 304 valence electrons. The molecule has 12 fully saturated rings. The van der Waals surface area contributed by atoms with E-state index in [-0.39, 0.29) is 31.1 Å². The number of hydrogen-bond acceptors (Lipinski definition) is 10. The number of halogens is 5. The van der Waals surface area contributed by atoms with Crippen molar-refractivity contribution >= 4 is 33.9 Å². The first kappa shape index (κ1) is 36.9. The van der Waals surface area contributed by atoms with Gasteiger partial charge in [0.2, 0.25) is 11.8 Å². The Labute approximate surface area is 313 Å². The molecule has 2 aliphatic heterocycles. The molecule has 1 N–H and O–H groups in total. The third-order valence-electron chi connectivity index (χ3n) is 16.2. The van der Waals surface area contributed by atoms with Crippen LogP contribution in [0.5, 0.6) is 0 Å². The van der Waals surface area contributed by atoms with Crippen LogP contribution in [0.15, 0.2) is 0 Å². The van der Waals surface area contributed by atoms with E-state index in [2.05, 4.69) is 0 Å². The summed E-state index contributed by atoms with van der Waals surface area (Å²) in [6.45, 7) is -1.71. The van der Waals surface area contributed by atoms with Crippen molar-refractivity contribution < 1.29 is 73.0 Å². The minimum atomic E-state index is -5.94. The van der Waals surface area contributed by atoms with Crippen LogP contribution in [0, 0.1) is 70.0 Å². The van der Waals surface area contributed by atoms with Crippen LogP contribution in [0.3, 0.4) is 0 Å². The highest BCUT2D eigenvalue weighted by atomic mass is 32.2. The van der Waals surface area contributed by atoms with Crippen molar-refractivity contribution in [3.8, 4) is 0 Å². The van der Waals surface area contributed by atoms with Crippen LogP contribution >= 0.6 is 0 Å². The minimum Gasteiger partial charge on any atom is -0.459 e. The van der Waals surface area contributed by atoms with Crippen LogP contribution in [0.4, 0.5) is 22.0 Å². The summed E-state index contributed by atoms with van der Waals surface area (Å²) < 4.78 is 125. The van der Waals surface area contributed by atoms with E-state index in [1.165, 1.54) is 4.90 Å². The number of imide groups is 1. The van der Waals surface area contributed by atoms with Crippen LogP contribution in [0.2, 0.25) is 0 Å². The normalized spacial score (nSPS) is 50.1. The highest BCUT2D eigenvalue weighted by molar-refractivity contribution is 7.86. The molecule has 10 aliphatic carbocycles. The second-order valence-electron chi connectivity index (χ2n) is 19.4. The number of nitrogens with zero attached hydrogens (tertiary/aromatic N) is 1. The molecule has 18 heteroatoms. The molecule has 12 aliphatic rings. The van der Waals surface area contributed by atoms with Gasteiger partial charge in [-0.1, -0.05) is 0 Å². The molecule has 9 unspecified atom stereocenters. The lowest BCUT2D eigenvalue weighted by molar-refractivity contribution is -0.344. The summed E-state index contributed by atoms with van der Waals surface area (Å²) in [4.78, 5) is 58.7. The summed E-state index contributed by atoms with van der Waals surface area (Å²) in [6, 6.07) is -0.912. The molecule has 0 aromatic rings. The minimum absolute atomic E-state index is 0.0144. The molecule has 0 aromatic heterocycles. The summed E-state index contributed by atoms with van der Waals surface area (Å²) in [5.41, 5.74) is -4.42. The number of hydrogen-bond donors (Lipinski definition) is 1. The number of likely N-dealkylation sites (tertiary alicyclic amines) is 1. The fraction of sp³-hybridized carbons (Fsp3) is 0.892. The van der Waals surface area contributed by atoms with Crippen molar-refractivity contribution in [1.82, 2.24) is 4.90 Å². The zero-order valence-corrected chi connectivity index (χ0v) is 30.9. The largest absolute Gasteiger partial charge is 0.459 e. The Bertz CT molecular complexity index is 1820. The Kier molecular flexibility index (Phi) is 7.50. The van der Waals surface area contributed by atoms with E-state index in [4.69, 9.17) is 23.5 Å². The Morgan fingerprint density at radius 3 is 1.96 bits per heavy atom. The van der Waals surface area contributed by atoms with Gasteiger partial charge in [-0.15, -0.1) is 0 Å². The maximum atomic E-state index is 14.8. The Hall–Kier alpha value is -2.44. The molecule has 0 radical (unpaired) electrons. The van der Waals surface area contributed by atoms with Crippen LogP contribution in [-0.2, 0) is 48.2 Å². The van der Waals surface area contributed by atoms with Crippen molar-refractivity contribution in [1.29, 1.82) is 0 Å². The molecule has 12 nitrogen and oxygen atoms in total. The standard InChI is InChI=1S/C37H44F5NO11S/c1-32(37(40,41)42)14-52-36(54-32)20-5-19-6-21(36)13-34(11-19,12-20)31(47)53-27-23-7-22-24(25(23)29(45)51-15-35(38,39)55(48,49)50)28(44)43(26(22)27)30(46)33-8-16-2-17(9-33)4-18(3-16)10-33/h16-27H,2-15H2,1H3,(H,48,49,50). The van der Waals surface area contributed by atoms with E-state index in [0.717, 1.165) is 26.2 Å². The first-order chi connectivity index (χ1) is 25.6. The van der Waals surface area contributed by atoms with E-state index < -0.39 is 122 Å². The third kappa shape index (κ3) is 4.91. The lowest BCUT2D eigenvalue weighted by Gasteiger charge is -2.62. The lowest BCUT2D eigenvalue weighted by Crippen LogP contribution is -2.65. The fourth-order valence-electron chi connectivity index (χ4n) is 14.6. The molecule has 2 heterocycles. The maximum absolute atomic E-state index is 14.8. The second-order valence-corrected chi connectivity index (χ2v) is 20.9. The van der Waals surface area contributed by atoms with Gasteiger partial charge in [0, 0.05) is 17.8 Å². The van der Waals surface area contributed by atoms with Crippen molar-refractivity contribution in [3.63, 3.8) is 0 Å². The van der Waals surface area contributed by atoms with E-state index in [9.17, 15) is 49.5 Å². The van der Waals surface area contributed by atoms with Gasteiger partial charge in [-0.3, -0.25) is 28.6 Å². The molecular formula is C37H44F5NO11S. The van der Waals surface area contributed by atoms with Gasteiger partial charge in [0.1, 0.15) is 6.10 Å². The van der Waals surface area contributed by atoms with Gasteiger partial charge in [-0.2, -0.15) is 30.4 Å². The average Bonchev–Trinajstić information content (AvgIpc) is 3.80. The second kappa shape index (κ2) is 11.2. The summed E-state index contributed by atoms with van der Waals surface area (Å²) in [6.07, 6.45) is 0.880. The zero-order chi connectivity index (χ0) is 39.0. The quantitative estimate of drug-likeness (QED) is 0.165. The number of carbonyl (C=O) groups is 4. The summed E-state index contributed by atoms with van der Waals surface area (Å²) >= 11 is 0. The Morgan fingerprint density at radius 2 is 1.42 bits per heavy atom. The Balaban J connectivity index is 0.953. The highest BCUT2D eigenvalue weighted by Gasteiger charge is 2.76. The van der Waals surface area contributed by atoms with Crippen LogP contribution in [0.1, 0.15) is 84.0 Å². The van der Waals surface area contributed by atoms with Crippen molar-refractivity contribution in [3.05, 3.63) is 0 Å². The molecule has 1 spiro atoms. The number of carbonyl (C=O) groups excluding carboxylic acids is 4. The summed E-state index contributed by atoms with van der Waals surface area (Å²) in [5, 5.41) is -4.82. The topological polar surface area (TPSA) is 163 Å². The summed E-state index contributed by atoms with van der Waals surface area (Å²) in [5.74, 6) is -8.71.